The van der Waals surface area contributed by atoms with Gasteiger partial charge in [0.25, 0.3) is 0 Å². The van der Waals surface area contributed by atoms with E-state index in [-0.39, 0.29) is 5.54 Å². The van der Waals surface area contributed by atoms with Gasteiger partial charge in [0.05, 0.1) is 5.54 Å². The van der Waals surface area contributed by atoms with Crippen LogP contribution in [0, 0.1) is 5.92 Å². The van der Waals surface area contributed by atoms with Crippen LogP contribution in [-0.2, 0) is 4.79 Å². The first-order valence-electron chi connectivity index (χ1n) is 4.12. The second-order valence-corrected chi connectivity index (χ2v) is 3.84. The maximum atomic E-state index is 11.3. The summed E-state index contributed by atoms with van der Waals surface area (Å²) in [5, 5.41) is 3.32. The fraction of sp³-hybridized carbons (Fsp3) is 0.875. The van der Waals surface area contributed by atoms with Gasteiger partial charge in [-0.1, -0.05) is 0 Å². The lowest BCUT2D eigenvalue weighted by atomic mass is 9.91. The Morgan fingerprint density at radius 2 is 2.45 bits per heavy atom. The standard InChI is InChI=1S/C8H14N2O/c1-8-5-9-4-6(8)3-7(11)10(8)2/h6,9H,3-5H2,1-2H3. The molecule has 2 fully saturated rings. The molecule has 0 aliphatic carbocycles. The van der Waals surface area contributed by atoms with Crippen LogP contribution in [0.4, 0.5) is 0 Å². The fourth-order valence-electron chi connectivity index (χ4n) is 2.18. The molecule has 2 aliphatic rings. The summed E-state index contributed by atoms with van der Waals surface area (Å²) in [4.78, 5) is 13.2. The van der Waals surface area contributed by atoms with Crippen LogP contribution in [0.2, 0.25) is 0 Å². The zero-order valence-corrected chi connectivity index (χ0v) is 7.05. The van der Waals surface area contributed by atoms with Crippen molar-refractivity contribution < 1.29 is 4.79 Å². The summed E-state index contributed by atoms with van der Waals surface area (Å²) in [6.45, 7) is 4.13. The molecule has 0 radical (unpaired) electrons. The molecule has 2 aliphatic heterocycles. The van der Waals surface area contributed by atoms with Crippen LogP contribution in [0.15, 0.2) is 0 Å². The van der Waals surface area contributed by atoms with Crippen LogP contribution < -0.4 is 5.32 Å². The van der Waals surface area contributed by atoms with Crippen LogP contribution in [0.5, 0.6) is 0 Å². The van der Waals surface area contributed by atoms with Crippen molar-refractivity contribution in [2.24, 2.45) is 5.92 Å². The number of nitrogens with zero attached hydrogens (tertiary/aromatic N) is 1. The Morgan fingerprint density at radius 3 is 3.09 bits per heavy atom. The molecule has 3 nitrogen and oxygen atoms in total. The van der Waals surface area contributed by atoms with Crippen molar-refractivity contribution in [3.05, 3.63) is 0 Å². The third-order valence-electron chi connectivity index (χ3n) is 3.31. The molecule has 0 aromatic rings. The highest BCUT2D eigenvalue weighted by molar-refractivity contribution is 5.80. The van der Waals surface area contributed by atoms with Crippen molar-refractivity contribution in [3.8, 4) is 0 Å². The zero-order valence-electron chi connectivity index (χ0n) is 7.05. The first kappa shape index (κ1) is 7.10. The van der Waals surface area contributed by atoms with E-state index in [0.717, 1.165) is 19.5 Å². The number of nitrogens with one attached hydrogen (secondary N) is 1. The molecule has 62 valence electrons. The average molecular weight is 154 g/mol. The molecule has 0 saturated carbocycles. The first-order chi connectivity index (χ1) is 5.14. The van der Waals surface area contributed by atoms with Gasteiger partial charge in [0.1, 0.15) is 0 Å². The largest absolute Gasteiger partial charge is 0.339 e. The molecule has 11 heavy (non-hydrogen) atoms. The van der Waals surface area contributed by atoms with Crippen molar-refractivity contribution >= 4 is 5.91 Å². The summed E-state index contributed by atoms with van der Waals surface area (Å²) in [6.07, 6.45) is 0.736. The lowest BCUT2D eigenvalue weighted by Gasteiger charge is -2.30. The van der Waals surface area contributed by atoms with E-state index in [9.17, 15) is 4.79 Å². The third-order valence-corrected chi connectivity index (χ3v) is 3.31. The number of fused-ring (bicyclic) bond motifs is 1. The Labute approximate surface area is 66.8 Å². The number of hydrogen-bond donors (Lipinski definition) is 1. The van der Waals surface area contributed by atoms with E-state index in [0.29, 0.717) is 11.8 Å². The van der Waals surface area contributed by atoms with Crippen LogP contribution in [0.3, 0.4) is 0 Å². The number of rotatable bonds is 0. The van der Waals surface area contributed by atoms with E-state index in [1.165, 1.54) is 0 Å². The van der Waals surface area contributed by atoms with E-state index >= 15 is 0 Å². The minimum atomic E-state index is 0.108. The van der Waals surface area contributed by atoms with Crippen LogP contribution in [0.25, 0.3) is 0 Å². The quantitative estimate of drug-likeness (QED) is 0.525. The summed E-state index contributed by atoms with van der Waals surface area (Å²) in [7, 11) is 1.91. The first-order valence-corrected chi connectivity index (χ1v) is 4.12. The number of likely N-dealkylation sites (tertiary alicyclic amines) is 1. The molecule has 0 bridgehead atoms. The number of likely N-dealkylation sites (N-methyl/N-ethyl adjacent to an activating group) is 1. The van der Waals surface area contributed by atoms with Gasteiger partial charge in [0.15, 0.2) is 0 Å². The Bertz CT molecular complexity index is 204. The van der Waals surface area contributed by atoms with Crippen molar-refractivity contribution in [1.82, 2.24) is 10.2 Å². The minimum Gasteiger partial charge on any atom is -0.339 e. The molecule has 1 amide bonds. The number of amides is 1. The van der Waals surface area contributed by atoms with Gasteiger partial charge >= 0.3 is 0 Å². The van der Waals surface area contributed by atoms with Crippen molar-refractivity contribution in [2.45, 2.75) is 18.9 Å². The molecule has 2 atom stereocenters. The average Bonchev–Trinajstić information content (AvgIpc) is 2.39. The minimum absolute atomic E-state index is 0.108. The SMILES string of the molecule is CN1C(=O)CC2CNCC21C. The highest BCUT2D eigenvalue weighted by atomic mass is 16.2. The maximum Gasteiger partial charge on any atom is 0.223 e. The summed E-state index contributed by atoms with van der Waals surface area (Å²) >= 11 is 0. The topological polar surface area (TPSA) is 32.3 Å². The number of carbonyl (C=O) groups excluding carboxylic acids is 1. The van der Waals surface area contributed by atoms with Gasteiger partial charge in [-0.25, -0.2) is 0 Å². The second kappa shape index (κ2) is 1.97. The van der Waals surface area contributed by atoms with Gasteiger partial charge in [-0.05, 0) is 6.92 Å². The van der Waals surface area contributed by atoms with Crippen molar-refractivity contribution in [1.29, 1.82) is 0 Å². The van der Waals surface area contributed by atoms with E-state index in [2.05, 4.69) is 12.2 Å². The molecule has 0 spiro atoms. The van der Waals surface area contributed by atoms with Gasteiger partial charge in [0.2, 0.25) is 5.91 Å². The Hall–Kier alpha value is -0.570. The number of carbonyl (C=O) groups is 1. The molecule has 1 N–H and O–H groups in total. The Balaban J connectivity index is 2.30. The fourth-order valence-corrected chi connectivity index (χ4v) is 2.18. The zero-order chi connectivity index (χ0) is 8.06. The van der Waals surface area contributed by atoms with E-state index in [1.54, 1.807) is 0 Å². The Morgan fingerprint density at radius 1 is 1.73 bits per heavy atom. The van der Waals surface area contributed by atoms with Crippen LogP contribution in [0.1, 0.15) is 13.3 Å². The highest BCUT2D eigenvalue weighted by Gasteiger charge is 2.50. The van der Waals surface area contributed by atoms with Gasteiger partial charge in [-0.3, -0.25) is 4.79 Å². The lowest BCUT2D eigenvalue weighted by molar-refractivity contribution is -0.129. The normalized spacial score (nSPS) is 43.3. The second-order valence-electron chi connectivity index (χ2n) is 3.84. The van der Waals surface area contributed by atoms with E-state index < -0.39 is 0 Å². The molecule has 2 heterocycles. The summed E-state index contributed by atoms with van der Waals surface area (Å²) in [5.74, 6) is 0.846. The molecular formula is C8H14N2O. The van der Waals surface area contributed by atoms with Gasteiger partial charge < -0.3 is 10.2 Å². The number of hydrogen-bond acceptors (Lipinski definition) is 2. The molecule has 2 unspecified atom stereocenters. The molecule has 2 rings (SSSR count). The molecule has 0 aromatic heterocycles. The Kier molecular flexibility index (Phi) is 1.27. The van der Waals surface area contributed by atoms with E-state index in [4.69, 9.17) is 0 Å². The molecule has 2 saturated heterocycles. The molecule has 3 heteroatoms. The van der Waals surface area contributed by atoms with Gasteiger partial charge in [-0.2, -0.15) is 0 Å². The van der Waals surface area contributed by atoms with Gasteiger partial charge in [0, 0.05) is 32.5 Å². The monoisotopic (exact) mass is 154 g/mol. The van der Waals surface area contributed by atoms with Crippen molar-refractivity contribution in [2.75, 3.05) is 20.1 Å². The van der Waals surface area contributed by atoms with Gasteiger partial charge in [-0.15, -0.1) is 0 Å². The smallest absolute Gasteiger partial charge is 0.223 e. The summed E-state index contributed by atoms with van der Waals surface area (Å²) < 4.78 is 0. The third kappa shape index (κ3) is 0.745. The summed E-state index contributed by atoms with van der Waals surface area (Å²) in [5.41, 5.74) is 0.108. The van der Waals surface area contributed by atoms with Crippen molar-refractivity contribution in [3.63, 3.8) is 0 Å². The summed E-state index contributed by atoms with van der Waals surface area (Å²) in [6, 6.07) is 0. The highest BCUT2D eigenvalue weighted by Crippen LogP contribution is 2.36. The lowest BCUT2D eigenvalue weighted by Crippen LogP contribution is -2.45. The molecule has 0 aromatic carbocycles. The molecular weight excluding hydrogens is 140 g/mol. The van der Waals surface area contributed by atoms with Crippen LogP contribution in [-0.4, -0.2) is 36.5 Å². The predicted molar refractivity (Wildman–Crippen MR) is 42.2 cm³/mol. The predicted octanol–water partition coefficient (Wildman–Crippen LogP) is -0.173. The van der Waals surface area contributed by atoms with E-state index in [1.807, 2.05) is 11.9 Å². The van der Waals surface area contributed by atoms with Crippen LogP contribution >= 0.6 is 0 Å². The maximum absolute atomic E-state index is 11.3.